The lowest BCUT2D eigenvalue weighted by Gasteiger charge is -2.18. The summed E-state index contributed by atoms with van der Waals surface area (Å²) in [5.41, 5.74) is 1.22. The first-order valence-corrected chi connectivity index (χ1v) is 10.5. The van der Waals surface area contributed by atoms with Crippen molar-refractivity contribution in [3.05, 3.63) is 34.3 Å². The first-order chi connectivity index (χ1) is 11.0. The molecule has 1 atom stereocenters. The Morgan fingerprint density at radius 1 is 1.35 bits per heavy atom. The first kappa shape index (κ1) is 15.0. The minimum Gasteiger partial charge on any atom is -0.262 e. The van der Waals surface area contributed by atoms with Gasteiger partial charge in [-0.2, -0.15) is 0 Å². The third kappa shape index (κ3) is 2.64. The molecule has 23 heavy (non-hydrogen) atoms. The van der Waals surface area contributed by atoms with Crippen LogP contribution in [0.1, 0.15) is 23.8 Å². The summed E-state index contributed by atoms with van der Waals surface area (Å²) < 4.78 is 27.9. The molecule has 0 unspecified atom stereocenters. The maximum atomic E-state index is 12.5. The van der Waals surface area contributed by atoms with E-state index in [1.54, 1.807) is 28.8 Å². The quantitative estimate of drug-likeness (QED) is 0.768. The summed E-state index contributed by atoms with van der Waals surface area (Å²) in [4.78, 5) is 10.7. The van der Waals surface area contributed by atoms with Crippen molar-refractivity contribution in [2.75, 3.05) is 4.72 Å². The Balaban J connectivity index is 1.82. The van der Waals surface area contributed by atoms with E-state index in [0.717, 1.165) is 29.5 Å². The molecule has 0 aromatic carbocycles. The molecule has 0 spiro atoms. The standard InChI is InChI=1S/C15H15N3O2S3/c1-9-4-5-10-11(7-9)22-15-13(10)14(16-8-17-15)18-23(19,20)12-3-2-6-21-12/h2-3,6,8-9H,4-5,7H2,1H3,(H,16,17,18)/t9-/m1/s1. The van der Waals surface area contributed by atoms with Crippen molar-refractivity contribution < 1.29 is 8.42 Å². The molecule has 120 valence electrons. The van der Waals surface area contributed by atoms with Crippen LogP contribution >= 0.6 is 22.7 Å². The molecular formula is C15H15N3O2S3. The third-order valence-corrected chi connectivity index (χ3v) is 7.98. The van der Waals surface area contributed by atoms with Gasteiger partial charge in [0.05, 0.1) is 5.39 Å². The number of hydrogen-bond acceptors (Lipinski definition) is 6. The predicted octanol–water partition coefficient (Wildman–Crippen LogP) is 3.68. The number of aryl methyl sites for hydroxylation is 1. The van der Waals surface area contributed by atoms with Gasteiger partial charge in [-0.25, -0.2) is 18.4 Å². The summed E-state index contributed by atoms with van der Waals surface area (Å²) in [5, 5.41) is 2.62. The van der Waals surface area contributed by atoms with E-state index in [2.05, 4.69) is 21.6 Å². The number of anilines is 1. The normalized spacial score (nSPS) is 18.0. The number of nitrogens with one attached hydrogen (secondary N) is 1. The molecule has 3 aromatic heterocycles. The molecule has 0 saturated carbocycles. The van der Waals surface area contributed by atoms with Crippen molar-refractivity contribution in [1.82, 2.24) is 9.97 Å². The van der Waals surface area contributed by atoms with Crippen LogP contribution in [-0.2, 0) is 22.9 Å². The minimum absolute atomic E-state index is 0.294. The van der Waals surface area contributed by atoms with E-state index in [4.69, 9.17) is 0 Å². The van der Waals surface area contributed by atoms with Crippen LogP contribution in [0.5, 0.6) is 0 Å². The van der Waals surface area contributed by atoms with Gasteiger partial charge in [-0.05, 0) is 42.2 Å². The van der Waals surface area contributed by atoms with Crippen molar-refractivity contribution in [1.29, 1.82) is 0 Å². The number of nitrogens with zero attached hydrogens (tertiary/aromatic N) is 2. The Morgan fingerprint density at radius 3 is 3.00 bits per heavy atom. The van der Waals surface area contributed by atoms with Gasteiger partial charge in [-0.3, -0.25) is 4.72 Å². The van der Waals surface area contributed by atoms with Crippen LogP contribution in [0.2, 0.25) is 0 Å². The fourth-order valence-corrected chi connectivity index (χ4v) is 6.31. The number of rotatable bonds is 3. The molecule has 1 aliphatic rings. The largest absolute Gasteiger partial charge is 0.272 e. The van der Waals surface area contributed by atoms with Gasteiger partial charge < -0.3 is 0 Å². The van der Waals surface area contributed by atoms with Crippen LogP contribution in [0, 0.1) is 5.92 Å². The molecule has 0 aliphatic heterocycles. The lowest BCUT2D eigenvalue weighted by Crippen LogP contribution is -2.14. The summed E-state index contributed by atoms with van der Waals surface area (Å²) in [5.74, 6) is 1.06. The zero-order valence-corrected chi connectivity index (χ0v) is 14.9. The van der Waals surface area contributed by atoms with Crippen LogP contribution in [-0.4, -0.2) is 18.4 Å². The summed E-state index contributed by atoms with van der Waals surface area (Å²) in [7, 11) is -3.59. The van der Waals surface area contributed by atoms with Gasteiger partial charge in [-0.15, -0.1) is 22.7 Å². The molecule has 0 saturated heterocycles. The average molecular weight is 366 g/mol. The lowest BCUT2D eigenvalue weighted by atomic mass is 9.89. The maximum absolute atomic E-state index is 12.5. The lowest BCUT2D eigenvalue weighted by molar-refractivity contribution is 0.509. The van der Waals surface area contributed by atoms with Gasteiger partial charge in [0.15, 0.2) is 5.82 Å². The van der Waals surface area contributed by atoms with E-state index < -0.39 is 10.0 Å². The second-order valence-electron chi connectivity index (χ2n) is 5.79. The molecule has 5 nitrogen and oxygen atoms in total. The summed E-state index contributed by atoms with van der Waals surface area (Å²) in [6, 6.07) is 3.32. The Morgan fingerprint density at radius 2 is 2.22 bits per heavy atom. The first-order valence-electron chi connectivity index (χ1n) is 7.36. The van der Waals surface area contributed by atoms with Crippen LogP contribution in [0.25, 0.3) is 10.2 Å². The van der Waals surface area contributed by atoms with Crippen LogP contribution in [0.4, 0.5) is 5.82 Å². The van der Waals surface area contributed by atoms with Crippen LogP contribution in [0.15, 0.2) is 28.0 Å². The molecule has 0 radical (unpaired) electrons. The fraction of sp³-hybridized carbons (Fsp3) is 0.333. The van der Waals surface area contributed by atoms with Crippen LogP contribution < -0.4 is 4.72 Å². The van der Waals surface area contributed by atoms with Gasteiger partial charge in [0.1, 0.15) is 15.4 Å². The highest BCUT2D eigenvalue weighted by Crippen LogP contribution is 2.40. The van der Waals surface area contributed by atoms with Crippen LogP contribution in [0.3, 0.4) is 0 Å². The topological polar surface area (TPSA) is 72.0 Å². The fourth-order valence-electron chi connectivity index (χ4n) is 2.95. The highest BCUT2D eigenvalue weighted by Gasteiger charge is 2.25. The highest BCUT2D eigenvalue weighted by molar-refractivity contribution is 7.94. The van der Waals surface area contributed by atoms with E-state index in [-0.39, 0.29) is 0 Å². The number of aromatic nitrogens is 2. The Kier molecular flexibility index (Phi) is 3.62. The van der Waals surface area contributed by atoms with Crippen molar-refractivity contribution in [2.45, 2.75) is 30.4 Å². The van der Waals surface area contributed by atoms with E-state index in [1.807, 2.05) is 0 Å². The van der Waals surface area contributed by atoms with E-state index in [1.165, 1.54) is 28.1 Å². The number of thiophene rings is 2. The second kappa shape index (κ2) is 5.54. The molecule has 3 aromatic rings. The van der Waals surface area contributed by atoms with Gasteiger partial charge in [0.25, 0.3) is 10.0 Å². The Hall–Kier alpha value is -1.51. The molecule has 1 N–H and O–H groups in total. The number of hydrogen-bond donors (Lipinski definition) is 1. The summed E-state index contributed by atoms with van der Waals surface area (Å²) >= 11 is 2.85. The maximum Gasteiger partial charge on any atom is 0.272 e. The third-order valence-electron chi connectivity index (χ3n) is 4.08. The molecule has 4 rings (SSSR count). The molecule has 8 heteroatoms. The van der Waals surface area contributed by atoms with Crippen molar-refractivity contribution in [3.63, 3.8) is 0 Å². The molecule has 1 aliphatic carbocycles. The van der Waals surface area contributed by atoms with E-state index in [0.29, 0.717) is 15.9 Å². The Bertz CT molecular complexity index is 961. The molecule has 0 fully saturated rings. The second-order valence-corrected chi connectivity index (χ2v) is 9.73. The van der Waals surface area contributed by atoms with Gasteiger partial charge in [-0.1, -0.05) is 13.0 Å². The van der Waals surface area contributed by atoms with Gasteiger partial charge in [0, 0.05) is 4.88 Å². The number of sulfonamides is 1. The van der Waals surface area contributed by atoms with Crippen molar-refractivity contribution in [2.24, 2.45) is 5.92 Å². The minimum atomic E-state index is -3.59. The molecule has 0 bridgehead atoms. The SMILES string of the molecule is C[C@@H]1CCc2c(sc3ncnc(NS(=O)(=O)c4cccs4)c23)C1. The monoisotopic (exact) mass is 365 g/mol. The molecule has 0 amide bonds. The highest BCUT2D eigenvalue weighted by atomic mass is 32.2. The predicted molar refractivity (Wildman–Crippen MR) is 93.7 cm³/mol. The zero-order chi connectivity index (χ0) is 16.0. The van der Waals surface area contributed by atoms with Gasteiger partial charge in [0.2, 0.25) is 0 Å². The summed E-state index contributed by atoms with van der Waals surface area (Å²) in [6.07, 6.45) is 4.54. The zero-order valence-electron chi connectivity index (χ0n) is 12.4. The molecule has 3 heterocycles. The smallest absolute Gasteiger partial charge is 0.262 e. The summed E-state index contributed by atoms with van der Waals surface area (Å²) in [6.45, 7) is 2.25. The number of fused-ring (bicyclic) bond motifs is 3. The van der Waals surface area contributed by atoms with E-state index in [9.17, 15) is 8.42 Å². The van der Waals surface area contributed by atoms with Crippen molar-refractivity contribution >= 4 is 48.7 Å². The Labute approximate surface area is 142 Å². The van der Waals surface area contributed by atoms with E-state index >= 15 is 0 Å². The molecular weight excluding hydrogens is 350 g/mol. The average Bonchev–Trinajstić information content (AvgIpc) is 3.14. The van der Waals surface area contributed by atoms with Gasteiger partial charge >= 0.3 is 0 Å². The van der Waals surface area contributed by atoms with Crippen molar-refractivity contribution in [3.8, 4) is 0 Å².